The third kappa shape index (κ3) is 2.17. The van der Waals surface area contributed by atoms with Crippen LogP contribution >= 0.6 is 0 Å². The molecule has 2 N–H and O–H groups in total. The minimum atomic E-state index is -1.06. The van der Waals surface area contributed by atoms with Crippen LogP contribution in [0.1, 0.15) is 12.5 Å². The normalized spacial score (nSPS) is 14.5. The largest absolute Gasteiger partial charge is 0.372 e. The van der Waals surface area contributed by atoms with Crippen molar-refractivity contribution in [1.29, 1.82) is 0 Å². The second-order valence-electron chi connectivity index (χ2n) is 3.56. The van der Waals surface area contributed by atoms with E-state index in [4.69, 9.17) is 10.5 Å². The van der Waals surface area contributed by atoms with Crippen LogP contribution in [-0.2, 0) is 10.3 Å². The number of ether oxygens (including phenoxy) is 1. The first-order valence-electron chi connectivity index (χ1n) is 4.64. The van der Waals surface area contributed by atoms with Gasteiger partial charge in [-0.1, -0.05) is 0 Å². The van der Waals surface area contributed by atoms with E-state index in [1.54, 1.807) is 6.92 Å². The molecule has 1 unspecified atom stereocenters. The van der Waals surface area contributed by atoms with Crippen molar-refractivity contribution in [3.05, 3.63) is 39.7 Å². The van der Waals surface area contributed by atoms with Crippen LogP contribution in [0.3, 0.4) is 0 Å². The summed E-state index contributed by atoms with van der Waals surface area (Å²) in [6, 6.07) is 3.29. The van der Waals surface area contributed by atoms with E-state index in [-0.39, 0.29) is 17.8 Å². The van der Waals surface area contributed by atoms with E-state index in [2.05, 4.69) is 0 Å². The molecule has 16 heavy (non-hydrogen) atoms. The number of hydrogen-bond acceptors (Lipinski definition) is 4. The second-order valence-corrected chi connectivity index (χ2v) is 3.56. The van der Waals surface area contributed by atoms with Crippen molar-refractivity contribution in [2.24, 2.45) is 5.73 Å². The summed E-state index contributed by atoms with van der Waals surface area (Å²) in [7, 11) is 1.38. The van der Waals surface area contributed by atoms with Gasteiger partial charge >= 0.3 is 0 Å². The molecule has 88 valence electrons. The molecule has 5 nitrogen and oxygen atoms in total. The third-order valence-electron chi connectivity index (χ3n) is 2.57. The number of nitro groups is 1. The van der Waals surface area contributed by atoms with Gasteiger partial charge in [-0.15, -0.1) is 0 Å². The van der Waals surface area contributed by atoms with Gasteiger partial charge in [0, 0.05) is 31.4 Å². The first-order valence-corrected chi connectivity index (χ1v) is 4.64. The van der Waals surface area contributed by atoms with E-state index in [0.717, 1.165) is 18.2 Å². The number of halogens is 1. The molecule has 0 saturated carbocycles. The maximum atomic E-state index is 13.5. The van der Waals surface area contributed by atoms with Gasteiger partial charge < -0.3 is 10.5 Å². The van der Waals surface area contributed by atoms with Crippen LogP contribution in [0.15, 0.2) is 18.2 Å². The Morgan fingerprint density at radius 2 is 2.25 bits per heavy atom. The molecule has 1 atom stereocenters. The summed E-state index contributed by atoms with van der Waals surface area (Å²) in [5.41, 5.74) is 4.33. The third-order valence-corrected chi connectivity index (χ3v) is 2.57. The van der Waals surface area contributed by atoms with Crippen molar-refractivity contribution in [3.63, 3.8) is 0 Å². The van der Waals surface area contributed by atoms with E-state index < -0.39 is 16.3 Å². The van der Waals surface area contributed by atoms with Gasteiger partial charge in [0.25, 0.3) is 5.69 Å². The van der Waals surface area contributed by atoms with Crippen molar-refractivity contribution in [3.8, 4) is 0 Å². The Labute approximate surface area is 92.2 Å². The molecule has 0 bridgehead atoms. The van der Waals surface area contributed by atoms with Crippen LogP contribution in [0, 0.1) is 15.9 Å². The van der Waals surface area contributed by atoms with Crippen molar-refractivity contribution in [1.82, 2.24) is 0 Å². The molecule has 0 aliphatic carbocycles. The lowest BCUT2D eigenvalue weighted by molar-refractivity contribution is -0.385. The highest BCUT2D eigenvalue weighted by Crippen LogP contribution is 2.29. The van der Waals surface area contributed by atoms with Gasteiger partial charge in [-0.05, 0) is 13.0 Å². The van der Waals surface area contributed by atoms with Crippen LogP contribution in [-0.4, -0.2) is 18.6 Å². The lowest BCUT2D eigenvalue weighted by atomic mass is 9.95. The lowest BCUT2D eigenvalue weighted by Gasteiger charge is -2.26. The maximum Gasteiger partial charge on any atom is 0.270 e. The predicted octanol–water partition coefficient (Wildman–Crippen LogP) is 1.55. The Bertz CT molecular complexity index is 405. The van der Waals surface area contributed by atoms with Gasteiger partial charge in [0.05, 0.1) is 4.92 Å². The zero-order valence-electron chi connectivity index (χ0n) is 9.07. The van der Waals surface area contributed by atoms with Crippen LogP contribution < -0.4 is 5.73 Å². The lowest BCUT2D eigenvalue weighted by Crippen LogP contribution is -2.34. The number of nitrogens with two attached hydrogens (primary N) is 1. The van der Waals surface area contributed by atoms with Crippen LogP contribution in [0.5, 0.6) is 0 Å². The second kappa shape index (κ2) is 4.54. The van der Waals surface area contributed by atoms with Crippen LogP contribution in [0.2, 0.25) is 0 Å². The fraction of sp³-hybridized carbons (Fsp3) is 0.400. The molecule has 0 radical (unpaired) electrons. The quantitative estimate of drug-likeness (QED) is 0.626. The smallest absolute Gasteiger partial charge is 0.270 e. The first kappa shape index (κ1) is 12.5. The summed E-state index contributed by atoms with van der Waals surface area (Å²) >= 11 is 0. The standard InChI is InChI=1S/C10H13FN2O3/c1-10(6-12,16-2)8-5-7(13(14)15)3-4-9(8)11/h3-5H,6,12H2,1-2H3. The Kier molecular flexibility index (Phi) is 3.56. The molecule has 0 aliphatic heterocycles. The molecular weight excluding hydrogens is 215 g/mol. The minimum absolute atomic E-state index is 0.0294. The molecule has 0 saturated heterocycles. The number of methoxy groups -OCH3 is 1. The highest BCUT2D eigenvalue weighted by atomic mass is 19.1. The number of rotatable bonds is 4. The van der Waals surface area contributed by atoms with Gasteiger partial charge in [0.1, 0.15) is 11.4 Å². The van der Waals surface area contributed by atoms with Crippen molar-refractivity contribution >= 4 is 5.69 Å². The molecule has 0 spiro atoms. The Morgan fingerprint density at radius 1 is 1.62 bits per heavy atom. The maximum absolute atomic E-state index is 13.5. The monoisotopic (exact) mass is 228 g/mol. The molecule has 0 aliphatic rings. The van der Waals surface area contributed by atoms with Gasteiger partial charge in [-0.2, -0.15) is 0 Å². The summed E-state index contributed by atoms with van der Waals surface area (Å²) in [5.74, 6) is -0.569. The number of non-ortho nitro benzene ring substituents is 1. The number of nitrogens with zero attached hydrogens (tertiary/aromatic N) is 1. The van der Waals surface area contributed by atoms with Crippen molar-refractivity contribution in [2.75, 3.05) is 13.7 Å². The van der Waals surface area contributed by atoms with E-state index in [1.807, 2.05) is 0 Å². The molecule has 1 aromatic carbocycles. The molecular formula is C10H13FN2O3. The van der Waals surface area contributed by atoms with E-state index in [1.165, 1.54) is 7.11 Å². The number of benzene rings is 1. The van der Waals surface area contributed by atoms with E-state index in [9.17, 15) is 14.5 Å². The zero-order chi connectivity index (χ0) is 12.3. The summed E-state index contributed by atoms with van der Waals surface area (Å²) in [6.45, 7) is 1.61. The Morgan fingerprint density at radius 3 is 2.69 bits per heavy atom. The van der Waals surface area contributed by atoms with Gasteiger partial charge in [-0.25, -0.2) is 4.39 Å². The van der Waals surface area contributed by atoms with E-state index in [0.29, 0.717) is 0 Å². The molecule has 0 fully saturated rings. The summed E-state index contributed by atoms with van der Waals surface area (Å²) < 4.78 is 18.6. The zero-order valence-corrected chi connectivity index (χ0v) is 9.07. The topological polar surface area (TPSA) is 78.4 Å². The molecule has 0 heterocycles. The predicted molar refractivity (Wildman–Crippen MR) is 56.5 cm³/mol. The summed E-state index contributed by atoms with van der Waals surface area (Å²) in [5, 5.41) is 10.6. The molecule has 0 aromatic heterocycles. The van der Waals surface area contributed by atoms with Crippen LogP contribution in [0.4, 0.5) is 10.1 Å². The average molecular weight is 228 g/mol. The first-order chi connectivity index (χ1) is 7.44. The molecule has 6 heteroatoms. The van der Waals surface area contributed by atoms with Crippen molar-refractivity contribution in [2.45, 2.75) is 12.5 Å². The minimum Gasteiger partial charge on any atom is -0.372 e. The highest BCUT2D eigenvalue weighted by molar-refractivity contribution is 5.38. The average Bonchev–Trinajstić information content (AvgIpc) is 2.28. The Balaban J connectivity index is 3.31. The summed E-state index contributed by atoms with van der Waals surface area (Å²) in [6.07, 6.45) is 0. The summed E-state index contributed by atoms with van der Waals surface area (Å²) in [4.78, 5) is 9.99. The highest BCUT2D eigenvalue weighted by Gasteiger charge is 2.29. The Hall–Kier alpha value is -1.53. The van der Waals surface area contributed by atoms with Gasteiger partial charge in [0.15, 0.2) is 0 Å². The van der Waals surface area contributed by atoms with Gasteiger partial charge in [-0.3, -0.25) is 10.1 Å². The molecule has 0 amide bonds. The fourth-order valence-electron chi connectivity index (χ4n) is 1.34. The molecule has 1 aromatic rings. The van der Waals surface area contributed by atoms with Gasteiger partial charge in [0.2, 0.25) is 0 Å². The van der Waals surface area contributed by atoms with E-state index >= 15 is 0 Å². The van der Waals surface area contributed by atoms with Crippen LogP contribution in [0.25, 0.3) is 0 Å². The number of nitro benzene ring substituents is 1. The SMILES string of the molecule is COC(C)(CN)c1cc([N+](=O)[O-])ccc1F. The fourth-order valence-corrected chi connectivity index (χ4v) is 1.34. The number of hydrogen-bond donors (Lipinski definition) is 1. The molecule has 1 rings (SSSR count). The van der Waals surface area contributed by atoms with Crippen molar-refractivity contribution < 1.29 is 14.1 Å².